The van der Waals surface area contributed by atoms with Crippen molar-refractivity contribution in [2.75, 3.05) is 16.9 Å². The van der Waals surface area contributed by atoms with Crippen LogP contribution in [0, 0.1) is 0 Å². The summed E-state index contributed by atoms with van der Waals surface area (Å²) in [5.74, 6) is 6.95. The van der Waals surface area contributed by atoms with Gasteiger partial charge in [0.2, 0.25) is 11.1 Å². The number of nitrogens with two attached hydrogens (primary N) is 1. The van der Waals surface area contributed by atoms with Crippen molar-refractivity contribution in [3.8, 4) is 11.4 Å². The number of anilines is 1. The summed E-state index contributed by atoms with van der Waals surface area (Å²) in [4.78, 5) is 16.4. The van der Waals surface area contributed by atoms with Gasteiger partial charge in [-0.2, -0.15) is 0 Å². The van der Waals surface area contributed by atoms with E-state index in [1.54, 1.807) is 18.5 Å². The first-order valence-corrected chi connectivity index (χ1v) is 9.17. The smallest absolute Gasteiger partial charge is 0.234 e. The maximum atomic E-state index is 12.3. The zero-order chi connectivity index (χ0) is 18.5. The molecule has 134 valence electrons. The molecule has 3 aromatic rings. The minimum absolute atomic E-state index is 0.117. The van der Waals surface area contributed by atoms with E-state index in [1.807, 2.05) is 30.3 Å². The van der Waals surface area contributed by atoms with Gasteiger partial charge in [-0.1, -0.05) is 43.8 Å². The molecule has 0 fully saturated rings. The number of nitrogens with one attached hydrogen (secondary N) is 1. The van der Waals surface area contributed by atoms with Gasteiger partial charge in [0.15, 0.2) is 5.82 Å². The van der Waals surface area contributed by atoms with Gasteiger partial charge in [0.1, 0.15) is 0 Å². The van der Waals surface area contributed by atoms with Gasteiger partial charge in [0.25, 0.3) is 0 Å². The van der Waals surface area contributed by atoms with Gasteiger partial charge < -0.3 is 11.2 Å². The lowest BCUT2D eigenvalue weighted by Gasteiger charge is -2.13. The van der Waals surface area contributed by atoms with Crippen LogP contribution in [0.2, 0.25) is 0 Å². The molecule has 7 nitrogen and oxygen atoms in total. The van der Waals surface area contributed by atoms with Crippen LogP contribution in [0.1, 0.15) is 25.3 Å². The van der Waals surface area contributed by atoms with E-state index in [0.29, 0.717) is 16.9 Å². The van der Waals surface area contributed by atoms with Crippen molar-refractivity contribution < 1.29 is 4.79 Å². The van der Waals surface area contributed by atoms with E-state index < -0.39 is 0 Å². The molecule has 2 heterocycles. The molecule has 0 radical (unpaired) electrons. The van der Waals surface area contributed by atoms with Gasteiger partial charge in [-0.15, -0.1) is 10.2 Å². The van der Waals surface area contributed by atoms with Crippen molar-refractivity contribution in [1.29, 1.82) is 0 Å². The maximum absolute atomic E-state index is 12.3. The Kier molecular flexibility index (Phi) is 5.52. The fourth-order valence-electron chi connectivity index (χ4n) is 2.50. The molecule has 3 N–H and O–H groups in total. The van der Waals surface area contributed by atoms with Gasteiger partial charge in [0.05, 0.1) is 5.75 Å². The summed E-state index contributed by atoms with van der Waals surface area (Å²) in [6.07, 6.45) is 3.34. The Morgan fingerprint density at radius 2 is 2.04 bits per heavy atom. The summed E-state index contributed by atoms with van der Waals surface area (Å²) in [5, 5.41) is 11.6. The Hall–Kier alpha value is -2.87. The molecule has 0 bridgehead atoms. The molecule has 0 spiro atoms. The normalized spacial score (nSPS) is 10.9. The molecule has 0 saturated heterocycles. The number of thioether (sulfide) groups is 1. The fourth-order valence-corrected chi connectivity index (χ4v) is 3.15. The minimum atomic E-state index is -0.117. The molecule has 0 aliphatic carbocycles. The summed E-state index contributed by atoms with van der Waals surface area (Å²) in [6, 6.07) is 11.5. The average Bonchev–Trinajstić information content (AvgIpc) is 3.01. The van der Waals surface area contributed by atoms with Gasteiger partial charge in [0, 0.05) is 23.6 Å². The topological polar surface area (TPSA) is 98.7 Å². The van der Waals surface area contributed by atoms with Gasteiger partial charge >= 0.3 is 0 Å². The van der Waals surface area contributed by atoms with Crippen LogP contribution >= 0.6 is 11.8 Å². The van der Waals surface area contributed by atoms with Crippen molar-refractivity contribution >= 4 is 23.4 Å². The molecule has 0 aliphatic rings. The van der Waals surface area contributed by atoms with E-state index in [4.69, 9.17) is 5.84 Å². The first kappa shape index (κ1) is 17.9. The molecule has 1 aromatic carbocycles. The Morgan fingerprint density at radius 1 is 1.23 bits per heavy atom. The highest BCUT2D eigenvalue weighted by Crippen LogP contribution is 2.25. The largest absolute Gasteiger partial charge is 0.335 e. The number of para-hydroxylation sites is 1. The second kappa shape index (κ2) is 8.01. The first-order valence-electron chi connectivity index (χ1n) is 8.18. The molecular formula is C18H20N6OS. The Morgan fingerprint density at radius 3 is 2.77 bits per heavy atom. The van der Waals surface area contributed by atoms with Crippen molar-refractivity contribution in [2.45, 2.75) is 24.9 Å². The molecule has 3 rings (SSSR count). The number of pyridine rings is 1. The van der Waals surface area contributed by atoms with Crippen molar-refractivity contribution in [3.05, 3.63) is 54.4 Å². The van der Waals surface area contributed by atoms with Gasteiger partial charge in [-0.05, 0) is 29.7 Å². The molecule has 2 aromatic heterocycles. The highest BCUT2D eigenvalue weighted by Gasteiger charge is 2.15. The number of hydrogen-bond acceptors (Lipinski definition) is 6. The van der Waals surface area contributed by atoms with Crippen molar-refractivity contribution in [1.82, 2.24) is 19.9 Å². The van der Waals surface area contributed by atoms with Crippen LogP contribution < -0.4 is 11.2 Å². The Balaban J connectivity index is 1.65. The number of amides is 1. The molecule has 8 heteroatoms. The summed E-state index contributed by atoms with van der Waals surface area (Å²) in [5.41, 5.74) is 2.70. The summed E-state index contributed by atoms with van der Waals surface area (Å²) < 4.78 is 1.37. The van der Waals surface area contributed by atoms with E-state index >= 15 is 0 Å². The SMILES string of the molecule is CC(C)c1ccccc1NC(=O)CSc1nnc(-c2cccnc2)n1N. The van der Waals surface area contributed by atoms with E-state index in [0.717, 1.165) is 16.8 Å². The van der Waals surface area contributed by atoms with Crippen LogP contribution in [0.25, 0.3) is 11.4 Å². The minimum Gasteiger partial charge on any atom is -0.335 e. The van der Waals surface area contributed by atoms with Gasteiger partial charge in [-0.25, -0.2) is 4.68 Å². The third-order valence-corrected chi connectivity index (χ3v) is 4.72. The number of nitrogens with zero attached hydrogens (tertiary/aromatic N) is 4. The zero-order valence-corrected chi connectivity index (χ0v) is 15.4. The number of carbonyl (C=O) groups is 1. The molecule has 0 unspecified atom stereocenters. The van der Waals surface area contributed by atoms with Crippen molar-refractivity contribution in [3.63, 3.8) is 0 Å². The lowest BCUT2D eigenvalue weighted by Crippen LogP contribution is -2.17. The predicted octanol–water partition coefficient (Wildman–Crippen LogP) is 2.91. The number of aromatic nitrogens is 4. The van der Waals surface area contributed by atoms with Crippen LogP contribution in [0.4, 0.5) is 5.69 Å². The number of rotatable bonds is 6. The van der Waals surface area contributed by atoms with E-state index in [9.17, 15) is 4.79 Å². The molecule has 0 atom stereocenters. The lowest BCUT2D eigenvalue weighted by molar-refractivity contribution is -0.113. The Bertz CT molecular complexity index is 894. The fraction of sp³-hybridized carbons (Fsp3) is 0.222. The molecule has 0 aliphatic heterocycles. The second-order valence-electron chi connectivity index (χ2n) is 6.00. The summed E-state index contributed by atoms with van der Waals surface area (Å²) in [6.45, 7) is 4.19. The highest BCUT2D eigenvalue weighted by molar-refractivity contribution is 7.99. The number of carbonyl (C=O) groups excluding carboxylic acids is 1. The molecular weight excluding hydrogens is 348 g/mol. The summed E-state index contributed by atoms with van der Waals surface area (Å²) >= 11 is 1.24. The predicted molar refractivity (Wildman–Crippen MR) is 103 cm³/mol. The average molecular weight is 368 g/mol. The zero-order valence-electron chi connectivity index (χ0n) is 14.6. The van der Waals surface area contributed by atoms with E-state index in [1.165, 1.54) is 16.4 Å². The summed E-state index contributed by atoms with van der Waals surface area (Å²) in [7, 11) is 0. The molecule has 26 heavy (non-hydrogen) atoms. The standard InChI is InChI=1S/C18H20N6OS/c1-12(2)14-7-3-4-8-15(14)21-16(25)11-26-18-23-22-17(24(18)19)13-6-5-9-20-10-13/h3-10,12H,11,19H2,1-2H3,(H,21,25). The first-order chi connectivity index (χ1) is 12.6. The number of hydrogen-bond donors (Lipinski definition) is 2. The maximum Gasteiger partial charge on any atom is 0.234 e. The van der Waals surface area contributed by atoms with Crippen LogP contribution in [0.15, 0.2) is 53.9 Å². The van der Waals surface area contributed by atoms with Gasteiger partial charge in [-0.3, -0.25) is 9.78 Å². The van der Waals surface area contributed by atoms with Crippen LogP contribution in [0.3, 0.4) is 0 Å². The van der Waals surface area contributed by atoms with Crippen LogP contribution in [-0.4, -0.2) is 31.5 Å². The highest BCUT2D eigenvalue weighted by atomic mass is 32.2. The second-order valence-corrected chi connectivity index (χ2v) is 6.94. The van der Waals surface area contributed by atoms with Crippen LogP contribution in [-0.2, 0) is 4.79 Å². The van der Waals surface area contributed by atoms with Crippen LogP contribution in [0.5, 0.6) is 0 Å². The molecule has 1 amide bonds. The number of benzene rings is 1. The van der Waals surface area contributed by atoms with E-state index in [-0.39, 0.29) is 11.7 Å². The molecule has 0 saturated carbocycles. The lowest BCUT2D eigenvalue weighted by atomic mass is 10.0. The third kappa shape index (κ3) is 4.02. The quantitative estimate of drug-likeness (QED) is 0.513. The van der Waals surface area contributed by atoms with E-state index in [2.05, 4.69) is 34.3 Å². The monoisotopic (exact) mass is 368 g/mol. The Labute approximate surface area is 156 Å². The van der Waals surface area contributed by atoms with Crippen molar-refractivity contribution in [2.24, 2.45) is 0 Å². The number of nitrogen functional groups attached to an aromatic ring is 1. The third-order valence-electron chi connectivity index (χ3n) is 3.77.